The molecule has 11 heteroatoms. The van der Waals surface area contributed by atoms with Gasteiger partial charge in [0, 0.05) is 29.9 Å². The van der Waals surface area contributed by atoms with E-state index in [2.05, 4.69) is 4.98 Å². The maximum absolute atomic E-state index is 13.1. The summed E-state index contributed by atoms with van der Waals surface area (Å²) in [7, 11) is 1.93. The van der Waals surface area contributed by atoms with Gasteiger partial charge in [0.05, 0.1) is 27.7 Å². The number of hydrogen-bond acceptors (Lipinski definition) is 4. The zero-order valence-corrected chi connectivity index (χ0v) is 19.8. The highest BCUT2D eigenvalue weighted by Crippen LogP contribution is 2.39. The molecule has 0 spiro atoms. The highest BCUT2D eigenvalue weighted by atomic mass is 35.5. The first-order chi connectivity index (χ1) is 16.0. The van der Waals surface area contributed by atoms with E-state index in [-0.39, 0.29) is 28.0 Å². The third-order valence-corrected chi connectivity index (χ3v) is 6.83. The smallest absolute Gasteiger partial charge is 0.417 e. The molecule has 2 heterocycles. The second-order valence-corrected chi connectivity index (χ2v) is 9.30. The number of halogens is 5. The van der Waals surface area contributed by atoms with E-state index >= 15 is 0 Å². The number of aryl methyl sites for hydroxylation is 1. The average Bonchev–Trinajstić information content (AvgIpc) is 3.14. The molecular weight excluding hydrogens is 510 g/mol. The molecule has 176 valence electrons. The second-order valence-electron chi connectivity index (χ2n) is 7.43. The number of alkyl halides is 3. The van der Waals surface area contributed by atoms with Crippen LogP contribution in [0, 0.1) is 0 Å². The van der Waals surface area contributed by atoms with Crippen molar-refractivity contribution in [3.63, 3.8) is 0 Å². The van der Waals surface area contributed by atoms with Gasteiger partial charge in [0.2, 0.25) is 0 Å². The minimum atomic E-state index is -4.58. The van der Waals surface area contributed by atoms with Gasteiger partial charge in [-0.25, -0.2) is 9.78 Å². The van der Waals surface area contributed by atoms with Crippen LogP contribution in [0.15, 0.2) is 65.8 Å². The van der Waals surface area contributed by atoms with Gasteiger partial charge in [-0.2, -0.15) is 13.2 Å². The molecule has 0 fully saturated rings. The number of nitrogens with zero attached hydrogens (tertiary/aromatic N) is 3. The number of benzene rings is 2. The normalized spacial score (nSPS) is 11.7. The van der Waals surface area contributed by atoms with E-state index in [1.165, 1.54) is 18.2 Å². The molecule has 0 unspecified atom stereocenters. The third kappa shape index (κ3) is 5.11. The zero-order chi connectivity index (χ0) is 24.6. The van der Waals surface area contributed by atoms with Crippen LogP contribution in [0.25, 0.3) is 10.9 Å². The molecule has 5 nitrogen and oxygen atoms in total. The molecule has 4 aromatic rings. The van der Waals surface area contributed by atoms with Gasteiger partial charge in [0.25, 0.3) is 0 Å². The van der Waals surface area contributed by atoms with Crippen LogP contribution in [-0.4, -0.2) is 20.6 Å². The SMILES string of the molecule is Cn1ccc2cc(CN(Sc3ccc(C(=O)O)cc3Cl)c3ncc(C(F)(F)F)cc3Cl)ccc21. The van der Waals surface area contributed by atoms with Crippen molar-refractivity contribution in [1.29, 1.82) is 0 Å². The molecule has 0 atom stereocenters. The minimum Gasteiger partial charge on any atom is -0.478 e. The molecule has 1 N–H and O–H groups in total. The van der Waals surface area contributed by atoms with Crippen molar-refractivity contribution in [2.75, 3.05) is 4.31 Å². The van der Waals surface area contributed by atoms with Gasteiger partial charge in [-0.15, -0.1) is 0 Å². The molecule has 2 aromatic heterocycles. The van der Waals surface area contributed by atoms with E-state index in [0.717, 1.165) is 40.7 Å². The van der Waals surface area contributed by atoms with Crippen molar-refractivity contribution >= 4 is 57.8 Å². The molecule has 2 aromatic carbocycles. The number of aromatic carboxylic acids is 1. The Balaban J connectivity index is 1.73. The summed E-state index contributed by atoms with van der Waals surface area (Å²) in [5, 5.41) is 10.2. The standard InChI is InChI=1S/C23H16Cl2F3N3O2S/c1-30-7-6-14-8-13(2-4-19(14)30)12-31(21-18(25)10-16(11-29-21)23(26,27)28)34-20-5-3-15(22(32)33)9-17(20)24/h2-11H,12H2,1H3,(H,32,33). The fraction of sp³-hybridized carbons (Fsp3) is 0.130. The summed E-state index contributed by atoms with van der Waals surface area (Å²) in [6, 6.07) is 12.8. The molecule has 0 bridgehead atoms. The lowest BCUT2D eigenvalue weighted by atomic mass is 10.1. The predicted molar refractivity (Wildman–Crippen MR) is 128 cm³/mol. The van der Waals surface area contributed by atoms with Gasteiger partial charge in [-0.1, -0.05) is 29.3 Å². The zero-order valence-electron chi connectivity index (χ0n) is 17.5. The number of hydrogen-bond donors (Lipinski definition) is 1. The first-order valence-electron chi connectivity index (χ1n) is 9.78. The van der Waals surface area contributed by atoms with Crippen LogP contribution in [0.2, 0.25) is 10.0 Å². The number of pyridine rings is 1. The van der Waals surface area contributed by atoms with Crippen molar-refractivity contribution < 1.29 is 23.1 Å². The van der Waals surface area contributed by atoms with Gasteiger partial charge < -0.3 is 9.67 Å². The van der Waals surface area contributed by atoms with Crippen molar-refractivity contribution in [2.24, 2.45) is 7.05 Å². The van der Waals surface area contributed by atoms with Crippen LogP contribution in [0.4, 0.5) is 19.0 Å². The Labute approximate surface area is 206 Å². The van der Waals surface area contributed by atoms with E-state index in [1.807, 2.05) is 42.1 Å². The summed E-state index contributed by atoms with van der Waals surface area (Å²) < 4.78 is 42.9. The Morgan fingerprint density at radius 1 is 1.12 bits per heavy atom. The molecule has 0 aliphatic heterocycles. The van der Waals surface area contributed by atoms with Crippen LogP contribution in [0.1, 0.15) is 21.5 Å². The summed E-state index contributed by atoms with van der Waals surface area (Å²) in [5.41, 5.74) is 0.949. The van der Waals surface area contributed by atoms with Gasteiger partial charge in [-0.05, 0) is 65.4 Å². The van der Waals surface area contributed by atoms with Crippen LogP contribution in [0.5, 0.6) is 0 Å². The molecule has 0 saturated heterocycles. The molecule has 4 rings (SSSR count). The minimum absolute atomic E-state index is 0.0149. The summed E-state index contributed by atoms with van der Waals surface area (Å²) in [5.74, 6) is -1.01. The molecule has 0 amide bonds. The number of carboxylic acids is 1. The molecule has 0 aliphatic carbocycles. The third-order valence-electron chi connectivity index (χ3n) is 5.05. The largest absolute Gasteiger partial charge is 0.478 e. The van der Waals surface area contributed by atoms with Crippen molar-refractivity contribution in [3.05, 3.63) is 87.7 Å². The monoisotopic (exact) mass is 525 g/mol. The number of rotatable bonds is 6. The highest BCUT2D eigenvalue weighted by molar-refractivity contribution is 8.00. The summed E-state index contributed by atoms with van der Waals surface area (Å²) in [4.78, 5) is 15.7. The molecular formula is C23H16Cl2F3N3O2S. The molecule has 0 radical (unpaired) electrons. The van der Waals surface area contributed by atoms with E-state index in [0.29, 0.717) is 4.90 Å². The first-order valence-corrected chi connectivity index (χ1v) is 11.3. The summed E-state index contributed by atoms with van der Waals surface area (Å²) in [6.45, 7) is 0.241. The predicted octanol–water partition coefficient (Wildman–Crippen LogP) is 7.31. The fourth-order valence-corrected chi connectivity index (χ4v) is 4.90. The van der Waals surface area contributed by atoms with Crippen LogP contribution < -0.4 is 4.31 Å². The van der Waals surface area contributed by atoms with Gasteiger partial charge in [0.1, 0.15) is 0 Å². The topological polar surface area (TPSA) is 58.4 Å². The number of anilines is 1. The quantitative estimate of drug-likeness (QED) is 0.267. The summed E-state index contributed by atoms with van der Waals surface area (Å²) >= 11 is 13.6. The Hall–Kier alpha value is -2.88. The van der Waals surface area contributed by atoms with Crippen molar-refractivity contribution in [1.82, 2.24) is 9.55 Å². The molecule has 0 saturated carbocycles. The van der Waals surface area contributed by atoms with E-state index in [9.17, 15) is 23.1 Å². The second kappa shape index (κ2) is 9.40. The van der Waals surface area contributed by atoms with Gasteiger partial charge >= 0.3 is 12.1 Å². The van der Waals surface area contributed by atoms with E-state index in [4.69, 9.17) is 23.2 Å². The summed E-state index contributed by atoms with van der Waals surface area (Å²) in [6.07, 6.45) is -1.93. The van der Waals surface area contributed by atoms with Crippen LogP contribution in [-0.2, 0) is 19.8 Å². The van der Waals surface area contributed by atoms with E-state index < -0.39 is 17.7 Å². The number of aromatic nitrogens is 2. The molecule has 34 heavy (non-hydrogen) atoms. The first kappa shape index (κ1) is 24.3. The lowest BCUT2D eigenvalue weighted by Crippen LogP contribution is -2.17. The van der Waals surface area contributed by atoms with Crippen molar-refractivity contribution in [2.45, 2.75) is 17.6 Å². The highest BCUT2D eigenvalue weighted by Gasteiger charge is 2.32. The Morgan fingerprint density at radius 2 is 1.88 bits per heavy atom. The van der Waals surface area contributed by atoms with Crippen LogP contribution in [0.3, 0.4) is 0 Å². The maximum atomic E-state index is 13.1. The fourth-order valence-electron chi connectivity index (χ4n) is 3.34. The number of fused-ring (bicyclic) bond motifs is 1. The van der Waals surface area contributed by atoms with Crippen molar-refractivity contribution in [3.8, 4) is 0 Å². The van der Waals surface area contributed by atoms with Crippen LogP contribution >= 0.6 is 35.1 Å². The Kier molecular flexibility index (Phi) is 6.71. The average molecular weight is 526 g/mol. The Morgan fingerprint density at radius 3 is 2.53 bits per heavy atom. The van der Waals surface area contributed by atoms with Gasteiger partial charge in [-0.3, -0.25) is 4.31 Å². The van der Waals surface area contributed by atoms with Gasteiger partial charge in [0.15, 0.2) is 5.82 Å². The number of carboxylic acid groups (broad SMARTS) is 1. The number of carbonyl (C=O) groups is 1. The maximum Gasteiger partial charge on any atom is 0.417 e. The Bertz CT molecular complexity index is 1390. The lowest BCUT2D eigenvalue weighted by Gasteiger charge is -2.24. The molecule has 0 aliphatic rings. The van der Waals surface area contributed by atoms with E-state index in [1.54, 1.807) is 4.31 Å². The lowest BCUT2D eigenvalue weighted by molar-refractivity contribution is -0.137.